The van der Waals surface area contributed by atoms with Crippen molar-refractivity contribution in [3.8, 4) is 5.75 Å². The van der Waals surface area contributed by atoms with E-state index in [2.05, 4.69) is 69.1 Å². The molecule has 1 unspecified atom stereocenters. The molecule has 19 heavy (non-hydrogen) atoms. The Balaban J connectivity index is 2.34. The lowest BCUT2D eigenvalue weighted by atomic mass is 9.89. The number of benzene rings is 1. The van der Waals surface area contributed by atoms with Crippen LogP contribution >= 0.6 is 0 Å². The normalized spacial score (nSPS) is 16.3. The van der Waals surface area contributed by atoms with E-state index in [9.17, 15) is 0 Å². The molecular weight excluding hydrogens is 248 g/mol. The summed E-state index contributed by atoms with van der Waals surface area (Å²) >= 11 is 0. The molecule has 0 N–H and O–H groups in total. The second kappa shape index (κ2) is 5.79. The average Bonchev–Trinajstić information content (AvgIpc) is 2.84. The SMILES string of the molecule is CCC(C1=CCC=C1)c1ccccc1O[Si](C)(C)C. The number of rotatable bonds is 5. The Bertz CT molecular complexity index is 494. The van der Waals surface area contributed by atoms with Crippen LogP contribution in [0.25, 0.3) is 0 Å². The van der Waals surface area contributed by atoms with Gasteiger partial charge in [0.2, 0.25) is 8.32 Å². The van der Waals surface area contributed by atoms with Gasteiger partial charge in [-0.3, -0.25) is 0 Å². The molecule has 102 valence electrons. The van der Waals surface area contributed by atoms with E-state index >= 15 is 0 Å². The molecule has 1 atom stereocenters. The molecule has 0 radical (unpaired) electrons. The van der Waals surface area contributed by atoms with Crippen molar-refractivity contribution in [2.24, 2.45) is 0 Å². The maximum Gasteiger partial charge on any atom is 0.242 e. The molecule has 0 heterocycles. The minimum Gasteiger partial charge on any atom is -0.544 e. The summed E-state index contributed by atoms with van der Waals surface area (Å²) in [5.41, 5.74) is 2.78. The topological polar surface area (TPSA) is 9.23 Å². The van der Waals surface area contributed by atoms with Crippen molar-refractivity contribution in [2.45, 2.75) is 45.3 Å². The van der Waals surface area contributed by atoms with E-state index in [0.29, 0.717) is 5.92 Å². The Morgan fingerprint density at radius 3 is 2.53 bits per heavy atom. The molecule has 2 rings (SSSR count). The van der Waals surface area contributed by atoms with Gasteiger partial charge in [-0.25, -0.2) is 0 Å². The van der Waals surface area contributed by atoms with Gasteiger partial charge in [-0.15, -0.1) is 0 Å². The molecule has 2 heteroatoms. The minimum absolute atomic E-state index is 0.464. The average molecular weight is 272 g/mol. The van der Waals surface area contributed by atoms with Crippen molar-refractivity contribution in [3.05, 3.63) is 53.6 Å². The fraction of sp³-hybridized carbons (Fsp3) is 0.412. The quantitative estimate of drug-likeness (QED) is 0.663. The molecule has 1 aromatic rings. The Morgan fingerprint density at radius 2 is 1.95 bits per heavy atom. The van der Waals surface area contributed by atoms with E-state index in [1.54, 1.807) is 0 Å². The van der Waals surface area contributed by atoms with Gasteiger partial charge in [0.25, 0.3) is 0 Å². The Kier molecular flexibility index (Phi) is 4.30. The lowest BCUT2D eigenvalue weighted by molar-refractivity contribution is 0.542. The van der Waals surface area contributed by atoms with E-state index in [-0.39, 0.29) is 0 Å². The van der Waals surface area contributed by atoms with Crippen molar-refractivity contribution in [3.63, 3.8) is 0 Å². The summed E-state index contributed by atoms with van der Waals surface area (Å²) in [6.45, 7) is 8.96. The highest BCUT2D eigenvalue weighted by Gasteiger charge is 2.22. The van der Waals surface area contributed by atoms with Crippen LogP contribution in [0.1, 0.15) is 31.2 Å². The monoisotopic (exact) mass is 272 g/mol. The first kappa shape index (κ1) is 14.1. The molecule has 0 aromatic heterocycles. The van der Waals surface area contributed by atoms with Gasteiger partial charge in [0.05, 0.1) is 0 Å². The molecule has 1 nitrogen and oxygen atoms in total. The summed E-state index contributed by atoms with van der Waals surface area (Å²) in [5, 5.41) is 0. The van der Waals surface area contributed by atoms with Crippen LogP contribution in [0.4, 0.5) is 0 Å². The van der Waals surface area contributed by atoms with Gasteiger partial charge >= 0.3 is 0 Å². The van der Waals surface area contributed by atoms with E-state index in [1.807, 2.05) is 0 Å². The minimum atomic E-state index is -1.57. The van der Waals surface area contributed by atoms with Crippen LogP contribution in [-0.2, 0) is 0 Å². The van der Waals surface area contributed by atoms with E-state index in [0.717, 1.165) is 18.6 Å². The third-order valence-electron chi connectivity index (χ3n) is 3.32. The molecule has 1 aliphatic carbocycles. The van der Waals surface area contributed by atoms with Crippen molar-refractivity contribution in [2.75, 3.05) is 0 Å². The molecule has 0 amide bonds. The van der Waals surface area contributed by atoms with Crippen molar-refractivity contribution in [1.82, 2.24) is 0 Å². The fourth-order valence-corrected chi connectivity index (χ4v) is 3.41. The van der Waals surface area contributed by atoms with Crippen LogP contribution in [0.3, 0.4) is 0 Å². The van der Waals surface area contributed by atoms with Crippen molar-refractivity contribution < 1.29 is 4.43 Å². The maximum atomic E-state index is 6.26. The summed E-state index contributed by atoms with van der Waals surface area (Å²) in [6.07, 6.45) is 9.02. The fourth-order valence-electron chi connectivity index (χ4n) is 2.56. The van der Waals surface area contributed by atoms with Crippen molar-refractivity contribution >= 4 is 8.32 Å². The number of hydrogen-bond acceptors (Lipinski definition) is 1. The smallest absolute Gasteiger partial charge is 0.242 e. The molecule has 1 aliphatic rings. The van der Waals surface area contributed by atoms with Gasteiger partial charge in [0.1, 0.15) is 5.75 Å². The van der Waals surface area contributed by atoms with E-state index in [1.165, 1.54) is 11.1 Å². The van der Waals surface area contributed by atoms with Crippen LogP contribution < -0.4 is 4.43 Å². The largest absolute Gasteiger partial charge is 0.544 e. The maximum absolute atomic E-state index is 6.26. The van der Waals surface area contributed by atoms with Crippen LogP contribution in [0.15, 0.2) is 48.1 Å². The summed E-state index contributed by atoms with van der Waals surface area (Å²) in [6, 6.07) is 8.53. The van der Waals surface area contributed by atoms with Crippen molar-refractivity contribution in [1.29, 1.82) is 0 Å². The lowest BCUT2D eigenvalue weighted by Crippen LogP contribution is -2.30. The standard InChI is InChI=1S/C17H24OSi/c1-5-15(14-10-6-7-11-14)16-12-8-9-13-17(16)18-19(2,3)4/h6,8-13,15H,5,7H2,1-4H3. The summed E-state index contributed by atoms with van der Waals surface area (Å²) in [5.74, 6) is 1.54. The van der Waals surface area contributed by atoms with Crippen LogP contribution in [0.2, 0.25) is 19.6 Å². The number of hydrogen-bond donors (Lipinski definition) is 0. The zero-order chi connectivity index (χ0) is 13.9. The van der Waals surface area contributed by atoms with Gasteiger partial charge in [-0.1, -0.05) is 43.4 Å². The molecular formula is C17H24OSi. The predicted octanol–water partition coefficient (Wildman–Crippen LogP) is 5.28. The van der Waals surface area contributed by atoms with E-state index in [4.69, 9.17) is 4.43 Å². The Labute approximate surface area is 118 Å². The Morgan fingerprint density at radius 1 is 1.21 bits per heavy atom. The number of allylic oxidation sites excluding steroid dienone is 4. The number of para-hydroxylation sites is 1. The molecule has 0 fully saturated rings. The lowest BCUT2D eigenvalue weighted by Gasteiger charge is -2.25. The molecule has 0 spiro atoms. The summed E-state index contributed by atoms with van der Waals surface area (Å²) < 4.78 is 6.26. The zero-order valence-corrected chi connectivity index (χ0v) is 13.4. The second-order valence-electron chi connectivity index (χ2n) is 6.06. The molecule has 1 aromatic carbocycles. The van der Waals surface area contributed by atoms with Crippen LogP contribution in [-0.4, -0.2) is 8.32 Å². The van der Waals surface area contributed by atoms with Gasteiger partial charge < -0.3 is 4.43 Å². The first-order chi connectivity index (χ1) is 9.01. The Hall–Kier alpha value is -1.28. The highest BCUT2D eigenvalue weighted by molar-refractivity contribution is 6.70. The third-order valence-corrected chi connectivity index (χ3v) is 4.15. The molecule has 0 aliphatic heterocycles. The first-order valence-electron chi connectivity index (χ1n) is 7.16. The third kappa shape index (κ3) is 3.60. The van der Waals surface area contributed by atoms with Crippen LogP contribution in [0, 0.1) is 0 Å². The van der Waals surface area contributed by atoms with Gasteiger partial charge in [-0.05, 0) is 44.1 Å². The van der Waals surface area contributed by atoms with Gasteiger partial charge in [-0.2, -0.15) is 0 Å². The summed E-state index contributed by atoms with van der Waals surface area (Å²) in [4.78, 5) is 0. The highest BCUT2D eigenvalue weighted by Crippen LogP contribution is 2.37. The van der Waals surface area contributed by atoms with Gasteiger partial charge in [0.15, 0.2) is 0 Å². The molecule has 0 saturated carbocycles. The molecule has 0 saturated heterocycles. The summed E-state index contributed by atoms with van der Waals surface area (Å²) in [7, 11) is -1.57. The first-order valence-corrected chi connectivity index (χ1v) is 10.6. The van der Waals surface area contributed by atoms with E-state index < -0.39 is 8.32 Å². The second-order valence-corrected chi connectivity index (χ2v) is 10.5. The zero-order valence-electron chi connectivity index (χ0n) is 12.4. The van der Waals surface area contributed by atoms with Gasteiger partial charge in [0, 0.05) is 11.5 Å². The highest BCUT2D eigenvalue weighted by atomic mass is 28.4. The van der Waals surface area contributed by atoms with Crippen LogP contribution in [0.5, 0.6) is 5.75 Å². The predicted molar refractivity (Wildman–Crippen MR) is 85.3 cm³/mol. The molecule has 0 bridgehead atoms.